The average Bonchev–Trinajstić information content (AvgIpc) is 2.82. The first-order valence-electron chi connectivity index (χ1n) is 10.0. The molecule has 0 amide bonds. The van der Waals surface area contributed by atoms with Crippen LogP contribution in [0.5, 0.6) is 0 Å². The minimum Gasteiger partial charge on any atom is -0.383 e. The largest absolute Gasteiger partial charge is 0.383 e. The Morgan fingerprint density at radius 3 is 2.56 bits per heavy atom. The Balaban J connectivity index is 1.87. The molecule has 0 saturated carbocycles. The Labute approximate surface area is 190 Å². The van der Waals surface area contributed by atoms with Crippen LogP contribution in [0, 0.1) is 6.92 Å². The highest BCUT2D eigenvalue weighted by atomic mass is 35.5. The van der Waals surface area contributed by atoms with Crippen molar-refractivity contribution in [1.82, 2.24) is 19.9 Å². The molecular weight excluding hydrogens is 420 g/mol. The number of aromatic nitrogens is 4. The first-order chi connectivity index (χ1) is 15.6. The molecule has 7 heteroatoms. The molecule has 0 unspecified atom stereocenters. The van der Waals surface area contributed by atoms with Crippen LogP contribution in [0.25, 0.3) is 22.0 Å². The summed E-state index contributed by atoms with van der Waals surface area (Å²) in [5.41, 5.74) is 10.7. The summed E-state index contributed by atoms with van der Waals surface area (Å²) in [6.07, 6.45) is 6.75. The minimum absolute atomic E-state index is 0.479. The van der Waals surface area contributed by atoms with E-state index in [1.54, 1.807) is 18.6 Å². The molecule has 0 radical (unpaired) electrons. The van der Waals surface area contributed by atoms with Crippen molar-refractivity contribution in [3.63, 3.8) is 0 Å². The van der Waals surface area contributed by atoms with Crippen molar-refractivity contribution in [3.05, 3.63) is 96.2 Å². The van der Waals surface area contributed by atoms with Crippen molar-refractivity contribution >= 4 is 45.4 Å². The molecule has 32 heavy (non-hydrogen) atoms. The predicted octanol–water partition coefficient (Wildman–Crippen LogP) is 6.10. The van der Waals surface area contributed by atoms with E-state index in [0.29, 0.717) is 10.8 Å². The number of hydrogen-bond donors (Lipinski definition) is 1. The number of benzene rings is 2. The number of rotatable bonds is 4. The minimum atomic E-state index is 0.479. The van der Waals surface area contributed by atoms with E-state index < -0.39 is 0 Å². The summed E-state index contributed by atoms with van der Waals surface area (Å²) in [6.45, 7) is 2.07. The summed E-state index contributed by atoms with van der Waals surface area (Å²) in [5, 5.41) is 2.47. The van der Waals surface area contributed by atoms with Gasteiger partial charge in [-0.15, -0.1) is 0 Å². The maximum absolute atomic E-state index is 6.41. The number of pyridine rings is 2. The van der Waals surface area contributed by atoms with Gasteiger partial charge in [0.15, 0.2) is 0 Å². The molecule has 0 atom stereocenters. The second kappa shape index (κ2) is 8.24. The van der Waals surface area contributed by atoms with Gasteiger partial charge < -0.3 is 5.73 Å². The van der Waals surface area contributed by atoms with Gasteiger partial charge >= 0.3 is 0 Å². The molecule has 0 aliphatic rings. The highest BCUT2D eigenvalue weighted by molar-refractivity contribution is 6.31. The van der Waals surface area contributed by atoms with Crippen LogP contribution in [-0.2, 0) is 0 Å². The van der Waals surface area contributed by atoms with Gasteiger partial charge in [0.1, 0.15) is 18.0 Å². The highest BCUT2D eigenvalue weighted by Crippen LogP contribution is 2.44. The predicted molar refractivity (Wildman–Crippen MR) is 129 cm³/mol. The number of halogens is 1. The molecule has 5 rings (SSSR count). The van der Waals surface area contributed by atoms with E-state index in [1.807, 2.05) is 60.7 Å². The summed E-state index contributed by atoms with van der Waals surface area (Å²) in [5.74, 6) is 1.20. The number of nitrogens with two attached hydrogens (primary N) is 1. The molecule has 0 saturated heterocycles. The van der Waals surface area contributed by atoms with E-state index in [1.165, 1.54) is 6.33 Å². The van der Waals surface area contributed by atoms with E-state index in [4.69, 9.17) is 22.3 Å². The zero-order chi connectivity index (χ0) is 22.1. The lowest BCUT2D eigenvalue weighted by atomic mass is 10.0. The molecule has 0 aliphatic carbocycles. The van der Waals surface area contributed by atoms with Gasteiger partial charge in [-0.2, -0.15) is 0 Å². The van der Waals surface area contributed by atoms with Crippen molar-refractivity contribution in [3.8, 4) is 11.3 Å². The van der Waals surface area contributed by atoms with E-state index in [9.17, 15) is 0 Å². The highest BCUT2D eigenvalue weighted by Gasteiger charge is 2.23. The molecule has 2 aromatic carbocycles. The van der Waals surface area contributed by atoms with Crippen LogP contribution in [0.15, 0.2) is 85.6 Å². The normalized spacial score (nSPS) is 10.9. The van der Waals surface area contributed by atoms with Crippen LogP contribution in [0.3, 0.4) is 0 Å². The Bertz CT molecular complexity index is 1420. The van der Waals surface area contributed by atoms with Gasteiger partial charge in [0.05, 0.1) is 11.4 Å². The monoisotopic (exact) mass is 438 g/mol. The first kappa shape index (κ1) is 19.9. The van der Waals surface area contributed by atoms with Crippen LogP contribution in [0.1, 0.15) is 5.56 Å². The summed E-state index contributed by atoms with van der Waals surface area (Å²) in [7, 11) is 0. The SMILES string of the molecule is Cc1ccc2c(N)nccc2c1N(c1cccc(Cl)c1)c1ncccc1-c1ccncn1. The van der Waals surface area contributed by atoms with Gasteiger partial charge in [-0.1, -0.05) is 29.8 Å². The molecule has 0 fully saturated rings. The van der Waals surface area contributed by atoms with Gasteiger partial charge in [0, 0.05) is 45.6 Å². The number of fused-ring (bicyclic) bond motifs is 1. The average molecular weight is 439 g/mol. The molecule has 156 valence electrons. The number of nitrogens with zero attached hydrogens (tertiary/aromatic N) is 5. The lowest BCUT2D eigenvalue weighted by molar-refractivity contribution is 1.14. The fourth-order valence-electron chi connectivity index (χ4n) is 3.87. The Hall–Kier alpha value is -4.03. The van der Waals surface area contributed by atoms with Crippen molar-refractivity contribution in [2.75, 3.05) is 10.6 Å². The summed E-state index contributed by atoms with van der Waals surface area (Å²) in [4.78, 5) is 19.7. The van der Waals surface area contributed by atoms with Crippen LogP contribution in [0.4, 0.5) is 23.0 Å². The number of nitrogen functional groups attached to an aromatic ring is 1. The second-order valence-corrected chi connectivity index (χ2v) is 7.74. The summed E-state index contributed by atoms with van der Waals surface area (Å²) >= 11 is 6.41. The maximum atomic E-state index is 6.41. The molecule has 2 N–H and O–H groups in total. The van der Waals surface area contributed by atoms with Crippen LogP contribution in [-0.4, -0.2) is 19.9 Å². The quantitative estimate of drug-likeness (QED) is 0.365. The number of anilines is 4. The van der Waals surface area contributed by atoms with E-state index >= 15 is 0 Å². The van der Waals surface area contributed by atoms with Gasteiger partial charge in [0.2, 0.25) is 0 Å². The smallest absolute Gasteiger partial charge is 0.147 e. The molecule has 0 aliphatic heterocycles. The molecule has 3 aromatic heterocycles. The first-order valence-corrected chi connectivity index (χ1v) is 10.4. The van der Waals surface area contributed by atoms with Crippen LogP contribution < -0.4 is 10.6 Å². The maximum Gasteiger partial charge on any atom is 0.147 e. The molecule has 0 spiro atoms. The molecule has 0 bridgehead atoms. The zero-order valence-corrected chi connectivity index (χ0v) is 18.0. The van der Waals surface area contributed by atoms with Gasteiger partial charge in [-0.3, -0.25) is 4.90 Å². The third kappa shape index (κ3) is 3.50. The van der Waals surface area contributed by atoms with Crippen molar-refractivity contribution in [2.45, 2.75) is 6.92 Å². The van der Waals surface area contributed by atoms with E-state index in [2.05, 4.69) is 26.8 Å². The third-order valence-electron chi connectivity index (χ3n) is 5.30. The Kier molecular flexibility index (Phi) is 5.13. The fourth-order valence-corrected chi connectivity index (χ4v) is 4.05. The zero-order valence-electron chi connectivity index (χ0n) is 17.3. The summed E-state index contributed by atoms with van der Waals surface area (Å²) in [6, 6.07) is 19.5. The topological polar surface area (TPSA) is 80.8 Å². The van der Waals surface area contributed by atoms with E-state index in [-0.39, 0.29) is 0 Å². The number of aryl methyl sites for hydroxylation is 1. The lowest BCUT2D eigenvalue weighted by Crippen LogP contribution is -2.15. The second-order valence-electron chi connectivity index (χ2n) is 7.31. The molecule has 3 heterocycles. The summed E-state index contributed by atoms with van der Waals surface area (Å²) < 4.78 is 0. The third-order valence-corrected chi connectivity index (χ3v) is 5.53. The van der Waals surface area contributed by atoms with Crippen molar-refractivity contribution in [2.24, 2.45) is 0 Å². The van der Waals surface area contributed by atoms with Crippen LogP contribution >= 0.6 is 11.6 Å². The van der Waals surface area contributed by atoms with Gasteiger partial charge in [-0.05, 0) is 55.0 Å². The fraction of sp³-hybridized carbons (Fsp3) is 0.0400. The molecule has 5 aromatic rings. The molecule has 6 nitrogen and oxygen atoms in total. The van der Waals surface area contributed by atoms with Crippen LogP contribution in [0.2, 0.25) is 5.02 Å². The number of hydrogen-bond acceptors (Lipinski definition) is 6. The van der Waals surface area contributed by atoms with Gasteiger partial charge in [0.25, 0.3) is 0 Å². The standard InChI is InChI=1S/C25H19ClN6/c1-16-7-8-20-19(9-13-29-24(20)27)23(16)32(18-5-2-4-17(26)14-18)25-21(6-3-11-30-25)22-10-12-28-15-31-22/h2-15H,1H3,(H2,27,29). The van der Waals surface area contributed by atoms with Crippen molar-refractivity contribution < 1.29 is 0 Å². The Morgan fingerprint density at radius 2 is 1.75 bits per heavy atom. The van der Waals surface area contributed by atoms with Crippen molar-refractivity contribution in [1.29, 1.82) is 0 Å². The Morgan fingerprint density at radius 1 is 0.844 bits per heavy atom. The lowest BCUT2D eigenvalue weighted by Gasteiger charge is -2.29. The molecular formula is C25H19ClN6. The van der Waals surface area contributed by atoms with Gasteiger partial charge in [-0.25, -0.2) is 19.9 Å². The van der Waals surface area contributed by atoms with E-state index in [0.717, 1.165) is 44.8 Å².